The van der Waals surface area contributed by atoms with Crippen LogP contribution in [-0.2, 0) is 9.59 Å². The second kappa shape index (κ2) is 27.9. The third-order valence-corrected chi connectivity index (χ3v) is 5.37. The minimum absolute atomic E-state index is 0. The Balaban J connectivity index is -0.00000364. The van der Waals surface area contributed by atoms with Gasteiger partial charge in [0.2, 0.25) is 0 Å². The second-order valence-electron chi connectivity index (χ2n) is 8.08. The average Bonchev–Trinajstić information content (AvgIpc) is 2.66. The zero-order valence-electron chi connectivity index (χ0n) is 20.2. The molecule has 3 N–H and O–H groups in total. The summed E-state index contributed by atoms with van der Waals surface area (Å²) >= 11 is 0. The van der Waals surface area contributed by atoms with E-state index in [1.165, 1.54) is 89.9 Å². The topological polar surface area (TPSA) is 86.6 Å². The quantitative estimate of drug-likeness (QED) is 0.154. The van der Waals surface area contributed by atoms with Crippen LogP contribution in [-0.4, -0.2) is 93.9 Å². The van der Waals surface area contributed by atoms with Crippen LogP contribution in [0.2, 0.25) is 0 Å². The molecule has 0 aromatic rings. The van der Waals surface area contributed by atoms with Gasteiger partial charge in [0.15, 0.2) is 0 Å². The van der Waals surface area contributed by atoms with Crippen LogP contribution in [0.4, 0.5) is 0 Å². The van der Waals surface area contributed by atoms with Crippen LogP contribution in [0.5, 0.6) is 0 Å². The minimum Gasteiger partial charge on any atom is -0.481 e. The summed E-state index contributed by atoms with van der Waals surface area (Å²) in [6.45, 7) is 2.91. The molecule has 0 saturated heterocycles. The number of carboxylic acids is 2. The average molecular weight is 446 g/mol. The number of rotatable bonds is 22. The molecule has 0 aromatic heterocycles. The van der Waals surface area contributed by atoms with Gasteiger partial charge in [-0.2, -0.15) is 0 Å². The van der Waals surface area contributed by atoms with Crippen LogP contribution in [0.25, 0.3) is 0 Å². The van der Waals surface area contributed by atoms with Gasteiger partial charge in [-0.3, -0.25) is 9.59 Å². The van der Waals surface area contributed by atoms with Crippen molar-refractivity contribution < 1.29 is 19.8 Å². The summed E-state index contributed by atoms with van der Waals surface area (Å²) in [5.41, 5.74) is 0. The summed E-state index contributed by atoms with van der Waals surface area (Å²) in [4.78, 5) is 21.6. The largest absolute Gasteiger partial charge is 0.481 e. The van der Waals surface area contributed by atoms with E-state index < -0.39 is 18.0 Å². The monoisotopic (exact) mass is 445 g/mol. The van der Waals surface area contributed by atoms with Crippen molar-refractivity contribution in [2.24, 2.45) is 0 Å². The van der Waals surface area contributed by atoms with Gasteiger partial charge in [0.05, 0.1) is 0 Å². The number of hydrogen-bond donors (Lipinski definition) is 3. The van der Waals surface area contributed by atoms with Gasteiger partial charge in [-0.05, 0) is 19.4 Å². The number of carbonyl (C=O) groups is 2. The van der Waals surface area contributed by atoms with Gasteiger partial charge < -0.3 is 15.5 Å². The number of carboxylic acid groups (broad SMARTS) is 2. The fourth-order valence-electron chi connectivity index (χ4n) is 3.53. The summed E-state index contributed by atoms with van der Waals surface area (Å²) < 4.78 is 0. The molecule has 0 unspecified atom stereocenters. The van der Waals surface area contributed by atoms with Crippen molar-refractivity contribution in [3.05, 3.63) is 0 Å². The minimum atomic E-state index is -0.960. The van der Waals surface area contributed by atoms with E-state index in [1.807, 2.05) is 0 Å². The molecule has 168 valence electrons. The molecule has 5 nitrogen and oxygen atoms in total. The second-order valence-corrected chi connectivity index (χ2v) is 8.08. The molecule has 0 spiro atoms. The Kier molecular flexibility index (Phi) is 33.0. The first-order chi connectivity index (χ1) is 13.6. The maximum Gasteiger partial charge on any atom is 0.320 e. The van der Waals surface area contributed by atoms with Crippen molar-refractivity contribution in [1.82, 2.24) is 5.32 Å². The molecule has 0 rings (SSSR count). The van der Waals surface area contributed by atoms with Crippen molar-refractivity contribution in [3.8, 4) is 0 Å². The normalized spacial score (nSPS) is 11.4. The van der Waals surface area contributed by atoms with Crippen LogP contribution in [0.3, 0.4) is 0 Å². The Morgan fingerprint density at radius 1 is 0.667 bits per heavy atom. The first-order valence-electron chi connectivity index (χ1n) is 11.8. The van der Waals surface area contributed by atoms with E-state index in [2.05, 4.69) is 12.2 Å². The maximum atomic E-state index is 11.1. The van der Waals surface area contributed by atoms with Gasteiger partial charge in [0.25, 0.3) is 0 Å². The van der Waals surface area contributed by atoms with Gasteiger partial charge in [-0.25, -0.2) is 0 Å². The van der Waals surface area contributed by atoms with Crippen LogP contribution < -0.4 is 5.32 Å². The standard InChI is InChI=1S/C23H45NO4.2Na/c1-2-3-4-5-6-7-8-9-10-11-12-13-14-15-16-17-20-24-21(23(27)28)18-19-22(25)26;;/h21,24H,2-20H2,1H3,(H,25,26)(H,27,28);;/t21-;;/m0../s1. The summed E-state index contributed by atoms with van der Waals surface area (Å²) in [7, 11) is 0. The predicted octanol–water partition coefficient (Wildman–Crippen LogP) is 5.39. The van der Waals surface area contributed by atoms with Crippen LogP contribution in [0, 0.1) is 0 Å². The molecular weight excluding hydrogens is 400 g/mol. The number of unbranched alkanes of at least 4 members (excludes halogenated alkanes) is 15. The molecule has 0 heterocycles. The van der Waals surface area contributed by atoms with Crippen molar-refractivity contribution in [2.75, 3.05) is 6.54 Å². The van der Waals surface area contributed by atoms with Gasteiger partial charge in [0.1, 0.15) is 6.04 Å². The molecule has 0 aliphatic heterocycles. The van der Waals surface area contributed by atoms with E-state index in [0.717, 1.165) is 12.8 Å². The predicted molar refractivity (Wildman–Crippen MR) is 127 cm³/mol. The van der Waals surface area contributed by atoms with Gasteiger partial charge >= 0.3 is 11.9 Å². The molecule has 7 heteroatoms. The molecule has 0 aliphatic rings. The molecule has 0 amide bonds. The van der Waals surface area contributed by atoms with Crippen molar-refractivity contribution >= 4 is 71.1 Å². The molecule has 0 aliphatic carbocycles. The molecule has 1 atom stereocenters. The Hall–Kier alpha value is 0.900. The molecule has 0 saturated carbocycles. The Morgan fingerprint density at radius 2 is 1.03 bits per heavy atom. The van der Waals surface area contributed by atoms with Crippen LogP contribution in [0.1, 0.15) is 122 Å². The van der Waals surface area contributed by atoms with Crippen molar-refractivity contribution in [1.29, 1.82) is 0 Å². The van der Waals surface area contributed by atoms with Crippen molar-refractivity contribution in [2.45, 2.75) is 129 Å². The number of nitrogens with one attached hydrogen (secondary N) is 1. The van der Waals surface area contributed by atoms with E-state index in [0.29, 0.717) is 6.54 Å². The van der Waals surface area contributed by atoms with E-state index in [4.69, 9.17) is 10.2 Å². The summed E-state index contributed by atoms with van der Waals surface area (Å²) in [5, 5.41) is 20.7. The Bertz CT molecular complexity index is 384. The van der Waals surface area contributed by atoms with Crippen LogP contribution >= 0.6 is 0 Å². The summed E-state index contributed by atoms with van der Waals surface area (Å²) in [5.74, 6) is -1.91. The first-order valence-corrected chi connectivity index (χ1v) is 11.8. The molecule has 0 bridgehead atoms. The number of aliphatic carboxylic acids is 2. The van der Waals surface area contributed by atoms with E-state index in [9.17, 15) is 9.59 Å². The third-order valence-electron chi connectivity index (χ3n) is 5.37. The Morgan fingerprint density at radius 3 is 1.37 bits per heavy atom. The van der Waals surface area contributed by atoms with Gasteiger partial charge in [-0.15, -0.1) is 0 Å². The first kappa shape index (κ1) is 35.5. The third kappa shape index (κ3) is 26.9. The zero-order valence-corrected chi connectivity index (χ0v) is 24.2. The molecule has 30 heavy (non-hydrogen) atoms. The fourth-order valence-corrected chi connectivity index (χ4v) is 3.53. The molecule has 2 radical (unpaired) electrons. The number of hydrogen-bond acceptors (Lipinski definition) is 3. The Labute approximate surface area is 229 Å². The van der Waals surface area contributed by atoms with Crippen LogP contribution in [0.15, 0.2) is 0 Å². The van der Waals surface area contributed by atoms with E-state index in [1.54, 1.807) is 0 Å². The maximum absolute atomic E-state index is 11.1. The summed E-state index contributed by atoms with van der Waals surface area (Å²) in [6.07, 6.45) is 21.1. The summed E-state index contributed by atoms with van der Waals surface area (Å²) in [6, 6.07) is -0.743. The van der Waals surface area contributed by atoms with Gasteiger partial charge in [0, 0.05) is 65.5 Å². The van der Waals surface area contributed by atoms with Gasteiger partial charge in [-0.1, -0.05) is 103 Å². The van der Waals surface area contributed by atoms with Crippen molar-refractivity contribution in [3.63, 3.8) is 0 Å². The molecular formula is C23H45NNa2O4. The van der Waals surface area contributed by atoms with E-state index in [-0.39, 0.29) is 72.0 Å². The molecule has 0 fully saturated rings. The fraction of sp³-hybridized carbons (Fsp3) is 0.913. The molecule has 0 aromatic carbocycles. The zero-order chi connectivity index (χ0) is 20.9. The smallest absolute Gasteiger partial charge is 0.320 e. The van der Waals surface area contributed by atoms with E-state index >= 15 is 0 Å². The SMILES string of the molecule is CCCCCCCCCCCCCCCCCCN[C@@H](CCC(=O)O)C(=O)O.[Na].[Na].